The van der Waals surface area contributed by atoms with Crippen LogP contribution in [0.1, 0.15) is 41.5 Å². The van der Waals surface area contributed by atoms with Gasteiger partial charge in [-0.2, -0.15) is 0 Å². The minimum absolute atomic E-state index is 0.0595. The van der Waals surface area contributed by atoms with Gasteiger partial charge in [0.1, 0.15) is 0 Å². The third-order valence-electron chi connectivity index (χ3n) is 2.86. The van der Waals surface area contributed by atoms with E-state index in [0.717, 1.165) is 0 Å². The standard InChI is InChI=1S/C13H26N2O2/c1-7(2)10(14)13(17)15-11(8(3)4)12(16)9(5)6/h7-11H,14H2,1-6H3,(H,15,17). The summed E-state index contributed by atoms with van der Waals surface area (Å²) in [5, 5.41) is 2.77. The van der Waals surface area contributed by atoms with E-state index in [-0.39, 0.29) is 29.4 Å². The molecule has 0 aliphatic rings. The average molecular weight is 242 g/mol. The first-order valence-corrected chi connectivity index (χ1v) is 6.28. The van der Waals surface area contributed by atoms with Gasteiger partial charge in [0.05, 0.1) is 12.1 Å². The van der Waals surface area contributed by atoms with E-state index >= 15 is 0 Å². The molecular formula is C13H26N2O2. The van der Waals surface area contributed by atoms with E-state index in [0.29, 0.717) is 0 Å². The van der Waals surface area contributed by atoms with Gasteiger partial charge in [-0.05, 0) is 11.8 Å². The molecule has 0 aliphatic heterocycles. The molecule has 0 aliphatic carbocycles. The normalized spacial score (nSPS) is 15.2. The zero-order chi connectivity index (χ0) is 13.7. The first kappa shape index (κ1) is 16.1. The number of ketones is 1. The first-order chi connectivity index (χ1) is 7.68. The molecule has 0 radical (unpaired) electrons. The van der Waals surface area contributed by atoms with Crippen molar-refractivity contribution in [3.8, 4) is 0 Å². The Hall–Kier alpha value is -0.900. The lowest BCUT2D eigenvalue weighted by atomic mass is 9.92. The molecule has 0 heterocycles. The van der Waals surface area contributed by atoms with Crippen molar-refractivity contribution in [1.29, 1.82) is 0 Å². The fourth-order valence-corrected chi connectivity index (χ4v) is 1.48. The second-order valence-corrected chi connectivity index (χ2v) is 5.56. The van der Waals surface area contributed by atoms with E-state index in [1.165, 1.54) is 0 Å². The maximum absolute atomic E-state index is 12.0. The van der Waals surface area contributed by atoms with Crippen molar-refractivity contribution in [1.82, 2.24) is 5.32 Å². The van der Waals surface area contributed by atoms with Crippen molar-refractivity contribution in [3.05, 3.63) is 0 Å². The smallest absolute Gasteiger partial charge is 0.237 e. The summed E-state index contributed by atoms with van der Waals surface area (Å²) >= 11 is 0. The van der Waals surface area contributed by atoms with Gasteiger partial charge < -0.3 is 11.1 Å². The highest BCUT2D eigenvalue weighted by atomic mass is 16.2. The summed E-state index contributed by atoms with van der Waals surface area (Å²) in [5.41, 5.74) is 5.76. The van der Waals surface area contributed by atoms with Crippen molar-refractivity contribution in [3.63, 3.8) is 0 Å². The van der Waals surface area contributed by atoms with Crippen LogP contribution in [0, 0.1) is 17.8 Å². The van der Waals surface area contributed by atoms with Crippen molar-refractivity contribution < 1.29 is 9.59 Å². The number of hydrogen-bond donors (Lipinski definition) is 2. The number of carbonyl (C=O) groups excluding carboxylic acids is 2. The number of rotatable bonds is 6. The second kappa shape index (κ2) is 6.74. The van der Waals surface area contributed by atoms with Crippen LogP contribution in [0.15, 0.2) is 0 Å². The van der Waals surface area contributed by atoms with Gasteiger partial charge in [-0.15, -0.1) is 0 Å². The van der Waals surface area contributed by atoms with Gasteiger partial charge in [0.2, 0.25) is 5.91 Å². The van der Waals surface area contributed by atoms with E-state index < -0.39 is 12.1 Å². The quantitative estimate of drug-likeness (QED) is 0.738. The first-order valence-electron chi connectivity index (χ1n) is 6.28. The third kappa shape index (κ3) is 4.86. The summed E-state index contributed by atoms with van der Waals surface area (Å²) in [6, 6.07) is -0.997. The van der Waals surface area contributed by atoms with E-state index in [4.69, 9.17) is 5.73 Å². The van der Waals surface area contributed by atoms with Crippen LogP contribution in [0.2, 0.25) is 0 Å². The van der Waals surface area contributed by atoms with Crippen LogP contribution < -0.4 is 11.1 Å². The van der Waals surface area contributed by atoms with Crippen LogP contribution in [0.4, 0.5) is 0 Å². The second-order valence-electron chi connectivity index (χ2n) is 5.56. The molecule has 17 heavy (non-hydrogen) atoms. The highest BCUT2D eigenvalue weighted by Gasteiger charge is 2.28. The highest BCUT2D eigenvalue weighted by Crippen LogP contribution is 2.10. The zero-order valence-corrected chi connectivity index (χ0v) is 11.8. The molecule has 0 rings (SSSR count). The van der Waals surface area contributed by atoms with Gasteiger partial charge in [-0.3, -0.25) is 9.59 Å². The van der Waals surface area contributed by atoms with Gasteiger partial charge in [-0.25, -0.2) is 0 Å². The summed E-state index contributed by atoms with van der Waals surface area (Å²) < 4.78 is 0. The summed E-state index contributed by atoms with van der Waals surface area (Å²) in [7, 11) is 0. The molecule has 0 saturated carbocycles. The molecule has 2 unspecified atom stereocenters. The molecule has 0 spiro atoms. The lowest BCUT2D eigenvalue weighted by Gasteiger charge is -2.25. The monoisotopic (exact) mass is 242 g/mol. The molecule has 0 fully saturated rings. The SMILES string of the molecule is CC(C)C(=O)C(NC(=O)C(N)C(C)C)C(C)C. The molecule has 0 aromatic heterocycles. The van der Waals surface area contributed by atoms with E-state index in [2.05, 4.69) is 5.32 Å². The minimum Gasteiger partial charge on any atom is -0.345 e. The molecule has 0 aromatic rings. The number of carbonyl (C=O) groups is 2. The van der Waals surface area contributed by atoms with Gasteiger partial charge in [0.15, 0.2) is 5.78 Å². The molecule has 0 bridgehead atoms. The van der Waals surface area contributed by atoms with Crippen molar-refractivity contribution >= 4 is 11.7 Å². The van der Waals surface area contributed by atoms with E-state index in [1.54, 1.807) is 0 Å². The fraction of sp³-hybridized carbons (Fsp3) is 0.846. The predicted molar refractivity (Wildman–Crippen MR) is 69.4 cm³/mol. The highest BCUT2D eigenvalue weighted by molar-refractivity contribution is 5.91. The van der Waals surface area contributed by atoms with Crippen LogP contribution >= 0.6 is 0 Å². The minimum atomic E-state index is -0.559. The Morgan fingerprint density at radius 1 is 0.941 bits per heavy atom. The molecule has 0 aromatic carbocycles. The molecule has 1 amide bonds. The molecule has 3 N–H and O–H groups in total. The number of hydrogen-bond acceptors (Lipinski definition) is 3. The lowest BCUT2D eigenvalue weighted by Crippen LogP contribution is -2.52. The molecule has 4 heteroatoms. The Morgan fingerprint density at radius 3 is 1.71 bits per heavy atom. The largest absolute Gasteiger partial charge is 0.345 e. The fourth-order valence-electron chi connectivity index (χ4n) is 1.48. The Morgan fingerprint density at radius 2 is 1.41 bits per heavy atom. The van der Waals surface area contributed by atoms with Crippen molar-refractivity contribution in [2.24, 2.45) is 23.5 Å². The Kier molecular flexibility index (Phi) is 6.39. The van der Waals surface area contributed by atoms with Crippen LogP contribution in [-0.2, 0) is 9.59 Å². The maximum atomic E-state index is 12.0. The van der Waals surface area contributed by atoms with E-state index in [1.807, 2.05) is 41.5 Å². The van der Waals surface area contributed by atoms with Crippen molar-refractivity contribution in [2.75, 3.05) is 0 Å². The van der Waals surface area contributed by atoms with Crippen molar-refractivity contribution in [2.45, 2.75) is 53.6 Å². The average Bonchev–Trinajstić information content (AvgIpc) is 2.22. The zero-order valence-electron chi connectivity index (χ0n) is 11.8. The molecule has 100 valence electrons. The molecule has 4 nitrogen and oxygen atoms in total. The molecule has 2 atom stereocenters. The summed E-state index contributed by atoms with van der Waals surface area (Å²) in [5.74, 6) is -0.125. The summed E-state index contributed by atoms with van der Waals surface area (Å²) in [6.45, 7) is 11.3. The summed E-state index contributed by atoms with van der Waals surface area (Å²) in [6.07, 6.45) is 0. The van der Waals surface area contributed by atoms with Crippen LogP contribution in [0.25, 0.3) is 0 Å². The number of nitrogens with one attached hydrogen (secondary N) is 1. The molecular weight excluding hydrogens is 216 g/mol. The topological polar surface area (TPSA) is 72.2 Å². The van der Waals surface area contributed by atoms with Gasteiger partial charge in [0.25, 0.3) is 0 Å². The lowest BCUT2D eigenvalue weighted by molar-refractivity contribution is -0.131. The number of nitrogens with two attached hydrogens (primary N) is 1. The van der Waals surface area contributed by atoms with Gasteiger partial charge in [-0.1, -0.05) is 41.5 Å². The van der Waals surface area contributed by atoms with Crippen LogP contribution in [-0.4, -0.2) is 23.8 Å². The number of amides is 1. The number of Topliss-reactive ketones (excluding diaryl/α,β-unsaturated/α-hetero) is 1. The van der Waals surface area contributed by atoms with Crippen LogP contribution in [0.5, 0.6) is 0 Å². The Bertz CT molecular complexity index is 273. The third-order valence-corrected chi connectivity index (χ3v) is 2.86. The Labute approximate surface area is 104 Å². The Balaban J connectivity index is 4.68. The van der Waals surface area contributed by atoms with Crippen LogP contribution in [0.3, 0.4) is 0 Å². The molecule has 0 saturated heterocycles. The van der Waals surface area contributed by atoms with E-state index in [9.17, 15) is 9.59 Å². The van der Waals surface area contributed by atoms with Gasteiger partial charge >= 0.3 is 0 Å². The predicted octanol–water partition coefficient (Wildman–Crippen LogP) is 1.34. The summed E-state index contributed by atoms with van der Waals surface area (Å²) in [4.78, 5) is 23.8. The van der Waals surface area contributed by atoms with Gasteiger partial charge in [0, 0.05) is 5.92 Å². The maximum Gasteiger partial charge on any atom is 0.237 e.